The van der Waals surface area contributed by atoms with Crippen molar-refractivity contribution in [3.8, 4) is 0 Å². The number of aryl methyl sites for hydroxylation is 1. The smallest absolute Gasteiger partial charge is 0.410 e. The second kappa shape index (κ2) is 4.48. The average Bonchev–Trinajstić information content (AvgIpc) is 2.82. The summed E-state index contributed by atoms with van der Waals surface area (Å²) in [6, 6.07) is 1.95. The molecular weight excluding hydrogens is 230 g/mol. The van der Waals surface area contributed by atoms with Gasteiger partial charge in [-0.1, -0.05) is 6.08 Å². The molecule has 0 N–H and O–H groups in total. The summed E-state index contributed by atoms with van der Waals surface area (Å²) in [7, 11) is 1.88. The second-order valence-corrected chi connectivity index (χ2v) is 5.46. The molecule has 0 saturated heterocycles. The van der Waals surface area contributed by atoms with Crippen LogP contribution in [0.4, 0.5) is 4.79 Å². The minimum absolute atomic E-state index is 0.273. The fourth-order valence-corrected chi connectivity index (χ4v) is 1.79. The van der Waals surface area contributed by atoms with Gasteiger partial charge in [-0.2, -0.15) is 5.10 Å². The van der Waals surface area contributed by atoms with E-state index in [0.29, 0.717) is 13.1 Å². The molecule has 0 aliphatic carbocycles. The van der Waals surface area contributed by atoms with Gasteiger partial charge in [0.1, 0.15) is 5.60 Å². The number of nitrogens with zero attached hydrogens (tertiary/aromatic N) is 3. The highest BCUT2D eigenvalue weighted by Gasteiger charge is 2.26. The second-order valence-electron chi connectivity index (χ2n) is 5.46. The van der Waals surface area contributed by atoms with E-state index in [0.717, 1.165) is 11.3 Å². The van der Waals surface area contributed by atoms with E-state index in [2.05, 4.69) is 5.10 Å². The lowest BCUT2D eigenvalue weighted by atomic mass is 10.2. The summed E-state index contributed by atoms with van der Waals surface area (Å²) in [6.07, 6.45) is 3.64. The van der Waals surface area contributed by atoms with Crippen molar-refractivity contribution in [2.75, 3.05) is 13.1 Å². The summed E-state index contributed by atoms with van der Waals surface area (Å²) in [6.45, 7) is 6.75. The molecule has 1 aliphatic rings. The van der Waals surface area contributed by atoms with Gasteiger partial charge < -0.3 is 9.64 Å². The Kier molecular flexibility index (Phi) is 3.15. The Morgan fingerprint density at radius 2 is 2.17 bits per heavy atom. The number of carbonyl (C=O) groups is 1. The van der Waals surface area contributed by atoms with Crippen LogP contribution in [0.3, 0.4) is 0 Å². The Morgan fingerprint density at radius 3 is 2.72 bits per heavy atom. The highest BCUT2D eigenvalue weighted by molar-refractivity contribution is 5.76. The molecule has 0 saturated carbocycles. The SMILES string of the molecule is Cn1ccc(C2=CCN(C(=O)OC(C)(C)C)C2)n1. The van der Waals surface area contributed by atoms with Gasteiger partial charge in [0, 0.05) is 19.8 Å². The fourth-order valence-electron chi connectivity index (χ4n) is 1.79. The summed E-state index contributed by atoms with van der Waals surface area (Å²) in [5.41, 5.74) is 1.54. The number of aromatic nitrogens is 2. The first-order valence-electron chi connectivity index (χ1n) is 6.02. The van der Waals surface area contributed by atoms with Gasteiger partial charge in [-0.3, -0.25) is 4.68 Å². The van der Waals surface area contributed by atoms with Crippen molar-refractivity contribution in [2.45, 2.75) is 26.4 Å². The van der Waals surface area contributed by atoms with E-state index in [4.69, 9.17) is 4.74 Å². The van der Waals surface area contributed by atoms with Crippen LogP contribution in [-0.2, 0) is 11.8 Å². The van der Waals surface area contributed by atoms with Crippen LogP contribution in [0.2, 0.25) is 0 Å². The Labute approximate surface area is 107 Å². The standard InChI is InChI=1S/C13H19N3O2/c1-13(2,3)18-12(17)16-8-5-10(9-16)11-6-7-15(4)14-11/h5-7H,8-9H2,1-4H3. The molecule has 0 bridgehead atoms. The molecule has 98 valence electrons. The lowest BCUT2D eigenvalue weighted by molar-refractivity contribution is 0.0306. The first-order chi connectivity index (χ1) is 8.35. The Bertz CT molecular complexity index is 483. The van der Waals surface area contributed by atoms with Crippen molar-refractivity contribution >= 4 is 11.7 Å². The van der Waals surface area contributed by atoms with Crippen molar-refractivity contribution in [2.24, 2.45) is 7.05 Å². The predicted molar refractivity (Wildman–Crippen MR) is 69.0 cm³/mol. The summed E-state index contributed by atoms with van der Waals surface area (Å²) in [5.74, 6) is 0. The zero-order chi connectivity index (χ0) is 13.3. The van der Waals surface area contributed by atoms with Crippen LogP contribution in [0, 0.1) is 0 Å². The van der Waals surface area contributed by atoms with E-state index in [9.17, 15) is 4.79 Å². The molecule has 18 heavy (non-hydrogen) atoms. The molecule has 5 nitrogen and oxygen atoms in total. The molecule has 0 spiro atoms. The van der Waals surface area contributed by atoms with E-state index in [-0.39, 0.29) is 6.09 Å². The van der Waals surface area contributed by atoms with Gasteiger partial charge in [0.2, 0.25) is 0 Å². The number of hydrogen-bond donors (Lipinski definition) is 0. The van der Waals surface area contributed by atoms with E-state index in [1.54, 1.807) is 9.58 Å². The molecule has 1 aromatic heterocycles. The van der Waals surface area contributed by atoms with Gasteiger partial charge in [0.05, 0.1) is 12.2 Å². The Hall–Kier alpha value is -1.78. The molecular formula is C13H19N3O2. The van der Waals surface area contributed by atoms with Crippen molar-refractivity contribution in [3.05, 3.63) is 24.0 Å². The zero-order valence-electron chi connectivity index (χ0n) is 11.3. The highest BCUT2D eigenvalue weighted by Crippen LogP contribution is 2.21. The van der Waals surface area contributed by atoms with Gasteiger partial charge >= 0.3 is 6.09 Å². The lowest BCUT2D eigenvalue weighted by Gasteiger charge is -2.24. The maximum Gasteiger partial charge on any atom is 0.410 e. The van der Waals surface area contributed by atoms with Crippen molar-refractivity contribution in [1.82, 2.24) is 14.7 Å². The van der Waals surface area contributed by atoms with Gasteiger partial charge in [-0.15, -0.1) is 0 Å². The van der Waals surface area contributed by atoms with Crippen LogP contribution in [0.15, 0.2) is 18.3 Å². The van der Waals surface area contributed by atoms with Crippen LogP contribution in [0.1, 0.15) is 26.5 Å². The average molecular weight is 249 g/mol. The molecule has 0 aromatic carbocycles. The molecule has 0 unspecified atom stereocenters. The summed E-state index contributed by atoms with van der Waals surface area (Å²) >= 11 is 0. The largest absolute Gasteiger partial charge is 0.444 e. The highest BCUT2D eigenvalue weighted by atomic mass is 16.6. The Morgan fingerprint density at radius 1 is 1.44 bits per heavy atom. The fraction of sp³-hybridized carbons (Fsp3) is 0.538. The van der Waals surface area contributed by atoms with Crippen molar-refractivity contribution in [3.63, 3.8) is 0 Å². The van der Waals surface area contributed by atoms with Crippen LogP contribution < -0.4 is 0 Å². The van der Waals surface area contributed by atoms with Crippen LogP contribution >= 0.6 is 0 Å². The van der Waals surface area contributed by atoms with E-state index < -0.39 is 5.60 Å². The first kappa shape index (κ1) is 12.7. The lowest BCUT2D eigenvalue weighted by Crippen LogP contribution is -2.35. The minimum atomic E-state index is -0.454. The van der Waals surface area contributed by atoms with Gasteiger partial charge in [-0.25, -0.2) is 4.79 Å². The third kappa shape index (κ3) is 2.91. The summed E-state index contributed by atoms with van der Waals surface area (Å²) in [5, 5.41) is 4.33. The number of hydrogen-bond acceptors (Lipinski definition) is 3. The molecule has 0 radical (unpaired) electrons. The number of rotatable bonds is 1. The molecule has 0 fully saturated rings. The first-order valence-corrected chi connectivity index (χ1v) is 6.02. The molecule has 1 amide bonds. The maximum absolute atomic E-state index is 11.9. The number of amides is 1. The third-order valence-electron chi connectivity index (χ3n) is 2.61. The molecule has 0 atom stereocenters. The topological polar surface area (TPSA) is 47.4 Å². The molecule has 2 rings (SSSR count). The monoisotopic (exact) mass is 249 g/mol. The van der Waals surface area contributed by atoms with Crippen LogP contribution in [-0.4, -0.2) is 39.5 Å². The summed E-state index contributed by atoms with van der Waals surface area (Å²) in [4.78, 5) is 13.6. The predicted octanol–water partition coefficient (Wildman–Crippen LogP) is 2.05. The number of carbonyl (C=O) groups excluding carboxylic acids is 1. The van der Waals surface area contributed by atoms with Gasteiger partial charge in [0.15, 0.2) is 0 Å². The quantitative estimate of drug-likeness (QED) is 0.765. The van der Waals surface area contributed by atoms with E-state index in [1.807, 2.05) is 46.2 Å². The number of ether oxygens (including phenoxy) is 1. The van der Waals surface area contributed by atoms with E-state index >= 15 is 0 Å². The van der Waals surface area contributed by atoms with Crippen molar-refractivity contribution < 1.29 is 9.53 Å². The molecule has 2 heterocycles. The molecule has 1 aliphatic heterocycles. The minimum Gasteiger partial charge on any atom is -0.444 e. The Balaban J connectivity index is 1.97. The summed E-state index contributed by atoms with van der Waals surface area (Å²) < 4.78 is 7.10. The molecule has 5 heteroatoms. The third-order valence-corrected chi connectivity index (χ3v) is 2.61. The van der Waals surface area contributed by atoms with Crippen LogP contribution in [0.25, 0.3) is 5.57 Å². The van der Waals surface area contributed by atoms with Crippen molar-refractivity contribution in [1.29, 1.82) is 0 Å². The van der Waals surface area contributed by atoms with Gasteiger partial charge in [-0.05, 0) is 32.4 Å². The normalized spacial score (nSPS) is 15.8. The van der Waals surface area contributed by atoms with Gasteiger partial charge in [0.25, 0.3) is 0 Å². The van der Waals surface area contributed by atoms with E-state index in [1.165, 1.54) is 0 Å². The zero-order valence-corrected chi connectivity index (χ0v) is 11.3. The molecule has 1 aromatic rings. The van der Waals surface area contributed by atoms with Crippen LogP contribution in [0.5, 0.6) is 0 Å². The maximum atomic E-state index is 11.9.